The molecule has 2 aliphatic rings. The highest BCUT2D eigenvalue weighted by Gasteiger charge is 2.28. The standard InChI is InChI=1S/C31H40N8O3/c1-20-13-21(2)17-37(16-20)30-34-29(35-31(36-30)38-18-22(3)14-23(4)19-38)24-5-7-25(8-6-24)32-15-28(40)33-26-9-11-27(12-10-26)39(41)42/h5-12,20-23,32H,13-19H2,1-4H3,(H,33,40). The van der Waals surface area contributed by atoms with E-state index < -0.39 is 4.92 Å². The summed E-state index contributed by atoms with van der Waals surface area (Å²) in [4.78, 5) is 42.3. The van der Waals surface area contributed by atoms with E-state index in [1.807, 2.05) is 24.3 Å². The van der Waals surface area contributed by atoms with Gasteiger partial charge in [0, 0.05) is 55.2 Å². The van der Waals surface area contributed by atoms with Gasteiger partial charge < -0.3 is 20.4 Å². The molecule has 2 aliphatic heterocycles. The average Bonchev–Trinajstić information content (AvgIpc) is 2.95. The summed E-state index contributed by atoms with van der Waals surface area (Å²) in [5, 5.41) is 16.7. The maximum Gasteiger partial charge on any atom is 0.269 e. The largest absolute Gasteiger partial charge is 0.376 e. The number of nitrogens with one attached hydrogen (secondary N) is 2. The Balaban J connectivity index is 1.31. The van der Waals surface area contributed by atoms with E-state index in [2.05, 4.69) is 48.1 Å². The molecule has 0 spiro atoms. The Bertz CT molecular complexity index is 1330. The van der Waals surface area contributed by atoms with E-state index in [0.29, 0.717) is 35.2 Å². The van der Waals surface area contributed by atoms with Crippen LogP contribution in [0.15, 0.2) is 48.5 Å². The second-order valence-electron chi connectivity index (χ2n) is 12.2. The van der Waals surface area contributed by atoms with Crippen LogP contribution in [0, 0.1) is 33.8 Å². The molecular weight excluding hydrogens is 532 g/mol. The Morgan fingerprint density at radius 2 is 1.26 bits per heavy atom. The van der Waals surface area contributed by atoms with Crippen LogP contribution in [0.4, 0.5) is 29.0 Å². The SMILES string of the molecule is CC1CC(C)CN(c2nc(-c3ccc(NCC(=O)Nc4ccc([N+](=O)[O-])cc4)cc3)nc(N3CC(C)CC(C)C3)n2)C1. The van der Waals surface area contributed by atoms with Gasteiger partial charge in [-0.3, -0.25) is 14.9 Å². The van der Waals surface area contributed by atoms with E-state index >= 15 is 0 Å². The van der Waals surface area contributed by atoms with Crippen molar-refractivity contribution in [3.05, 3.63) is 58.6 Å². The number of hydrogen-bond acceptors (Lipinski definition) is 9. The van der Waals surface area contributed by atoms with Crippen LogP contribution in [0.3, 0.4) is 0 Å². The number of non-ortho nitro benzene ring substituents is 1. The minimum atomic E-state index is -0.474. The van der Waals surface area contributed by atoms with Crippen LogP contribution in [0.25, 0.3) is 11.4 Å². The third-order valence-corrected chi connectivity index (χ3v) is 7.87. The van der Waals surface area contributed by atoms with Crippen LogP contribution in [0.2, 0.25) is 0 Å². The van der Waals surface area contributed by atoms with Gasteiger partial charge >= 0.3 is 0 Å². The van der Waals surface area contributed by atoms with Crippen LogP contribution < -0.4 is 20.4 Å². The van der Waals surface area contributed by atoms with Crippen LogP contribution in [0.5, 0.6) is 0 Å². The average molecular weight is 573 g/mol. The Morgan fingerprint density at radius 3 is 1.74 bits per heavy atom. The maximum atomic E-state index is 12.4. The van der Waals surface area contributed by atoms with Gasteiger partial charge in [-0.2, -0.15) is 15.0 Å². The monoisotopic (exact) mass is 572 g/mol. The quantitative estimate of drug-likeness (QED) is 0.267. The number of carbonyl (C=O) groups excluding carboxylic acids is 1. The van der Waals surface area contributed by atoms with E-state index in [-0.39, 0.29) is 18.1 Å². The summed E-state index contributed by atoms with van der Waals surface area (Å²) >= 11 is 0. The lowest BCUT2D eigenvalue weighted by Crippen LogP contribution is -2.42. The molecular formula is C31H40N8O3. The number of benzene rings is 2. The lowest BCUT2D eigenvalue weighted by Gasteiger charge is -2.37. The molecule has 2 saturated heterocycles. The summed E-state index contributed by atoms with van der Waals surface area (Å²) in [7, 11) is 0. The molecule has 3 aromatic rings. The lowest BCUT2D eigenvalue weighted by molar-refractivity contribution is -0.384. The van der Waals surface area contributed by atoms with Crippen molar-refractivity contribution in [2.24, 2.45) is 23.7 Å². The van der Waals surface area contributed by atoms with E-state index in [4.69, 9.17) is 15.0 Å². The smallest absolute Gasteiger partial charge is 0.269 e. The molecule has 2 fully saturated rings. The molecule has 2 N–H and O–H groups in total. The number of nitrogens with zero attached hydrogens (tertiary/aromatic N) is 6. The van der Waals surface area contributed by atoms with Gasteiger partial charge in [-0.25, -0.2) is 0 Å². The van der Waals surface area contributed by atoms with Crippen molar-refractivity contribution in [2.75, 3.05) is 53.2 Å². The molecule has 0 saturated carbocycles. The number of aromatic nitrogens is 3. The first kappa shape index (κ1) is 29.2. The zero-order valence-electron chi connectivity index (χ0n) is 24.8. The molecule has 0 bridgehead atoms. The predicted octanol–water partition coefficient (Wildman–Crippen LogP) is 5.46. The zero-order chi connectivity index (χ0) is 29.8. The number of nitro benzene ring substituents is 1. The molecule has 5 rings (SSSR count). The molecule has 4 unspecified atom stereocenters. The Kier molecular flexibility index (Phi) is 8.84. The number of piperidine rings is 2. The third-order valence-electron chi connectivity index (χ3n) is 7.87. The molecule has 222 valence electrons. The normalized spacial score (nSPS) is 22.5. The molecule has 11 nitrogen and oxygen atoms in total. The van der Waals surface area contributed by atoms with Crippen molar-refractivity contribution in [1.82, 2.24) is 15.0 Å². The fourth-order valence-electron chi connectivity index (χ4n) is 6.21. The molecule has 0 radical (unpaired) electrons. The highest BCUT2D eigenvalue weighted by atomic mass is 16.6. The van der Waals surface area contributed by atoms with Crippen molar-refractivity contribution in [3.8, 4) is 11.4 Å². The van der Waals surface area contributed by atoms with Crippen LogP contribution in [-0.4, -0.2) is 58.5 Å². The summed E-state index contributed by atoms with van der Waals surface area (Å²) in [6, 6.07) is 13.5. The van der Waals surface area contributed by atoms with Crippen molar-refractivity contribution in [2.45, 2.75) is 40.5 Å². The van der Waals surface area contributed by atoms with E-state index in [1.165, 1.54) is 37.1 Å². The topological polar surface area (TPSA) is 129 Å². The summed E-state index contributed by atoms with van der Waals surface area (Å²) in [5.41, 5.74) is 2.14. The zero-order valence-corrected chi connectivity index (χ0v) is 24.8. The summed E-state index contributed by atoms with van der Waals surface area (Å²) < 4.78 is 0. The summed E-state index contributed by atoms with van der Waals surface area (Å²) in [6.07, 6.45) is 2.42. The first-order valence-corrected chi connectivity index (χ1v) is 14.8. The number of anilines is 4. The van der Waals surface area contributed by atoms with Gasteiger partial charge in [-0.05, 0) is 72.9 Å². The van der Waals surface area contributed by atoms with Crippen molar-refractivity contribution >= 4 is 34.9 Å². The maximum absolute atomic E-state index is 12.4. The Hall–Kier alpha value is -4.28. The van der Waals surface area contributed by atoms with Crippen molar-refractivity contribution in [1.29, 1.82) is 0 Å². The van der Waals surface area contributed by atoms with Crippen molar-refractivity contribution < 1.29 is 9.72 Å². The number of amides is 1. The molecule has 1 amide bonds. The first-order valence-electron chi connectivity index (χ1n) is 14.8. The fraction of sp³-hybridized carbons (Fsp3) is 0.484. The highest BCUT2D eigenvalue weighted by Crippen LogP contribution is 2.30. The van der Waals surface area contributed by atoms with Gasteiger partial charge in [0.2, 0.25) is 17.8 Å². The molecule has 1 aromatic heterocycles. The number of hydrogen-bond donors (Lipinski definition) is 2. The van der Waals surface area contributed by atoms with Gasteiger partial charge in [0.1, 0.15) is 0 Å². The number of rotatable bonds is 8. The van der Waals surface area contributed by atoms with E-state index in [1.54, 1.807) is 0 Å². The van der Waals surface area contributed by atoms with Gasteiger partial charge in [-0.15, -0.1) is 0 Å². The minimum Gasteiger partial charge on any atom is -0.376 e. The molecule has 4 atom stereocenters. The molecule has 42 heavy (non-hydrogen) atoms. The second-order valence-corrected chi connectivity index (χ2v) is 12.2. The van der Waals surface area contributed by atoms with Gasteiger partial charge in [0.05, 0.1) is 11.5 Å². The highest BCUT2D eigenvalue weighted by molar-refractivity contribution is 5.93. The summed E-state index contributed by atoms with van der Waals surface area (Å²) in [5.74, 6) is 4.19. The second kappa shape index (κ2) is 12.7. The Labute approximate surface area is 246 Å². The number of carbonyl (C=O) groups is 1. The van der Waals surface area contributed by atoms with Gasteiger partial charge in [0.15, 0.2) is 5.82 Å². The van der Waals surface area contributed by atoms with E-state index in [9.17, 15) is 14.9 Å². The van der Waals surface area contributed by atoms with Crippen LogP contribution in [-0.2, 0) is 4.79 Å². The van der Waals surface area contributed by atoms with Crippen molar-refractivity contribution in [3.63, 3.8) is 0 Å². The Morgan fingerprint density at radius 1 is 0.786 bits per heavy atom. The first-order chi connectivity index (χ1) is 20.1. The number of nitro groups is 1. The molecule has 2 aromatic carbocycles. The molecule has 11 heteroatoms. The molecule has 3 heterocycles. The van der Waals surface area contributed by atoms with E-state index in [0.717, 1.165) is 49.3 Å². The van der Waals surface area contributed by atoms with Crippen LogP contribution in [0.1, 0.15) is 40.5 Å². The summed E-state index contributed by atoms with van der Waals surface area (Å²) in [6.45, 7) is 12.9. The predicted molar refractivity (Wildman–Crippen MR) is 166 cm³/mol. The van der Waals surface area contributed by atoms with Gasteiger partial charge in [-0.1, -0.05) is 27.7 Å². The van der Waals surface area contributed by atoms with Gasteiger partial charge in [0.25, 0.3) is 5.69 Å². The molecule has 0 aliphatic carbocycles. The minimum absolute atomic E-state index is 0.0243. The third kappa shape index (κ3) is 7.32. The fourth-order valence-corrected chi connectivity index (χ4v) is 6.21. The van der Waals surface area contributed by atoms with Crippen LogP contribution >= 0.6 is 0 Å². The lowest BCUT2D eigenvalue weighted by atomic mass is 9.92.